The third kappa shape index (κ3) is 3.09. The summed E-state index contributed by atoms with van der Waals surface area (Å²) < 4.78 is 0. The molecule has 0 spiro atoms. The van der Waals surface area contributed by atoms with Gasteiger partial charge in [-0.3, -0.25) is 4.90 Å². The summed E-state index contributed by atoms with van der Waals surface area (Å²) in [5.74, 6) is 0. The fourth-order valence-electron chi connectivity index (χ4n) is 1.85. The van der Waals surface area contributed by atoms with Gasteiger partial charge in [0.1, 0.15) is 0 Å². The van der Waals surface area contributed by atoms with E-state index in [9.17, 15) is 4.79 Å². The molecule has 0 aromatic rings. The molecule has 1 aliphatic rings. The highest BCUT2D eigenvalue weighted by Crippen LogP contribution is 2.16. The molecule has 0 aromatic heterocycles. The van der Waals surface area contributed by atoms with Gasteiger partial charge in [-0.15, -0.1) is 0 Å². The molecular weight excluding hydrogens is 190 g/mol. The van der Waals surface area contributed by atoms with Gasteiger partial charge in [-0.1, -0.05) is 0 Å². The number of urea groups is 1. The topological polar surface area (TPSA) is 26.8 Å². The van der Waals surface area contributed by atoms with Crippen molar-refractivity contribution in [2.75, 3.05) is 40.3 Å². The fraction of sp³-hybridized carbons (Fsp3) is 0.909. The zero-order chi connectivity index (χ0) is 11.6. The molecule has 0 unspecified atom stereocenters. The van der Waals surface area contributed by atoms with Crippen LogP contribution in [0.1, 0.15) is 20.8 Å². The molecule has 0 atom stereocenters. The van der Waals surface area contributed by atoms with Gasteiger partial charge in [-0.2, -0.15) is 0 Å². The third-order valence-corrected chi connectivity index (χ3v) is 2.88. The molecule has 88 valence electrons. The molecule has 0 aromatic carbocycles. The Morgan fingerprint density at radius 3 is 1.87 bits per heavy atom. The van der Waals surface area contributed by atoms with E-state index in [0.717, 1.165) is 26.2 Å². The summed E-state index contributed by atoms with van der Waals surface area (Å²) in [6.45, 7) is 10.3. The van der Waals surface area contributed by atoms with Crippen molar-refractivity contribution in [3.63, 3.8) is 0 Å². The molecule has 4 heteroatoms. The minimum absolute atomic E-state index is 0.128. The van der Waals surface area contributed by atoms with Crippen LogP contribution in [0.25, 0.3) is 0 Å². The van der Waals surface area contributed by atoms with Crippen molar-refractivity contribution >= 4 is 6.03 Å². The van der Waals surface area contributed by atoms with Crippen molar-refractivity contribution in [2.45, 2.75) is 26.3 Å². The first-order chi connectivity index (χ1) is 6.82. The van der Waals surface area contributed by atoms with Crippen molar-refractivity contribution < 1.29 is 4.79 Å². The van der Waals surface area contributed by atoms with Crippen LogP contribution in [-0.2, 0) is 0 Å². The Kier molecular flexibility index (Phi) is 3.60. The first-order valence-electron chi connectivity index (χ1n) is 5.53. The summed E-state index contributed by atoms with van der Waals surface area (Å²) >= 11 is 0. The van der Waals surface area contributed by atoms with Crippen LogP contribution < -0.4 is 0 Å². The maximum atomic E-state index is 11.7. The van der Waals surface area contributed by atoms with Crippen LogP contribution in [0.3, 0.4) is 0 Å². The molecule has 0 bridgehead atoms. The third-order valence-electron chi connectivity index (χ3n) is 2.88. The summed E-state index contributed by atoms with van der Waals surface area (Å²) in [5.41, 5.74) is 0.216. The predicted molar refractivity (Wildman–Crippen MR) is 62.0 cm³/mol. The van der Waals surface area contributed by atoms with Crippen LogP contribution in [0.5, 0.6) is 0 Å². The molecule has 1 rings (SSSR count). The molecule has 0 radical (unpaired) electrons. The Labute approximate surface area is 92.8 Å². The lowest BCUT2D eigenvalue weighted by atomic mass is 10.1. The smallest absolute Gasteiger partial charge is 0.319 e. The molecule has 2 amide bonds. The summed E-state index contributed by atoms with van der Waals surface area (Å²) in [5, 5.41) is 0. The molecule has 1 fully saturated rings. The highest BCUT2D eigenvalue weighted by molar-refractivity contribution is 5.73. The Bertz CT molecular complexity index is 224. The van der Waals surface area contributed by atoms with Crippen LogP contribution in [-0.4, -0.2) is 66.5 Å². The van der Waals surface area contributed by atoms with Crippen LogP contribution in [0.15, 0.2) is 0 Å². The van der Waals surface area contributed by atoms with E-state index < -0.39 is 0 Å². The highest BCUT2D eigenvalue weighted by Gasteiger charge is 2.28. The van der Waals surface area contributed by atoms with Crippen molar-refractivity contribution in [3.05, 3.63) is 0 Å². The van der Waals surface area contributed by atoms with Gasteiger partial charge in [0, 0.05) is 45.8 Å². The highest BCUT2D eigenvalue weighted by atomic mass is 16.2. The van der Waals surface area contributed by atoms with Crippen LogP contribution >= 0.6 is 0 Å². The summed E-state index contributed by atoms with van der Waals surface area (Å²) in [4.78, 5) is 17.7. The number of carbonyl (C=O) groups is 1. The minimum atomic E-state index is 0.128. The van der Waals surface area contributed by atoms with Gasteiger partial charge in [0.15, 0.2) is 0 Å². The number of hydrogen-bond acceptors (Lipinski definition) is 2. The molecule has 0 aliphatic carbocycles. The number of nitrogens with zero attached hydrogens (tertiary/aromatic N) is 3. The first kappa shape index (κ1) is 12.3. The van der Waals surface area contributed by atoms with E-state index in [1.807, 2.05) is 4.90 Å². The van der Waals surface area contributed by atoms with Crippen LogP contribution in [0.2, 0.25) is 0 Å². The summed E-state index contributed by atoms with van der Waals surface area (Å²) in [6.07, 6.45) is 0. The fourth-order valence-corrected chi connectivity index (χ4v) is 1.85. The Balaban J connectivity index is 2.46. The number of hydrogen-bond donors (Lipinski definition) is 0. The SMILES string of the molecule is CN(C)C(=O)N1CCN(C(C)(C)C)CC1. The number of carbonyl (C=O) groups excluding carboxylic acids is 1. The normalized spacial score (nSPS) is 19.1. The average Bonchev–Trinajstić information content (AvgIpc) is 2.15. The predicted octanol–water partition coefficient (Wildman–Crippen LogP) is 1.08. The van der Waals surface area contributed by atoms with Crippen molar-refractivity contribution in [1.82, 2.24) is 14.7 Å². The molecule has 0 N–H and O–H groups in total. The van der Waals surface area contributed by atoms with E-state index in [-0.39, 0.29) is 11.6 Å². The van der Waals surface area contributed by atoms with Gasteiger partial charge in [-0.05, 0) is 20.8 Å². The molecule has 1 heterocycles. The number of rotatable bonds is 0. The Hall–Kier alpha value is -0.770. The van der Waals surface area contributed by atoms with Gasteiger partial charge >= 0.3 is 6.03 Å². The second kappa shape index (κ2) is 4.39. The zero-order valence-electron chi connectivity index (χ0n) is 10.6. The standard InChI is InChI=1S/C11H23N3O/c1-11(2,3)14-8-6-13(7-9-14)10(15)12(4)5/h6-9H2,1-5H3. The molecule has 0 saturated carbocycles. The van der Waals surface area contributed by atoms with E-state index in [2.05, 4.69) is 25.7 Å². The minimum Gasteiger partial charge on any atom is -0.331 e. The average molecular weight is 213 g/mol. The maximum Gasteiger partial charge on any atom is 0.319 e. The van der Waals surface area contributed by atoms with Gasteiger partial charge in [0.2, 0.25) is 0 Å². The molecule has 15 heavy (non-hydrogen) atoms. The van der Waals surface area contributed by atoms with Crippen molar-refractivity contribution in [3.8, 4) is 0 Å². The van der Waals surface area contributed by atoms with Crippen LogP contribution in [0.4, 0.5) is 4.79 Å². The molecule has 1 saturated heterocycles. The number of piperazine rings is 1. The van der Waals surface area contributed by atoms with E-state index in [4.69, 9.17) is 0 Å². The van der Waals surface area contributed by atoms with E-state index >= 15 is 0 Å². The van der Waals surface area contributed by atoms with Gasteiger partial charge < -0.3 is 9.80 Å². The van der Waals surface area contributed by atoms with Gasteiger partial charge in [0.25, 0.3) is 0 Å². The van der Waals surface area contributed by atoms with Crippen molar-refractivity contribution in [2.24, 2.45) is 0 Å². The molecule has 4 nitrogen and oxygen atoms in total. The first-order valence-corrected chi connectivity index (χ1v) is 5.53. The largest absolute Gasteiger partial charge is 0.331 e. The Morgan fingerprint density at radius 1 is 1.07 bits per heavy atom. The van der Waals surface area contributed by atoms with E-state index in [0.29, 0.717) is 0 Å². The second-order valence-corrected chi connectivity index (χ2v) is 5.32. The molecule has 1 aliphatic heterocycles. The van der Waals surface area contributed by atoms with Crippen LogP contribution in [0, 0.1) is 0 Å². The maximum absolute atomic E-state index is 11.7. The Morgan fingerprint density at radius 2 is 1.53 bits per heavy atom. The zero-order valence-corrected chi connectivity index (χ0v) is 10.6. The lowest BCUT2D eigenvalue weighted by Gasteiger charge is -2.42. The van der Waals surface area contributed by atoms with Gasteiger partial charge in [0.05, 0.1) is 0 Å². The van der Waals surface area contributed by atoms with E-state index in [1.54, 1.807) is 19.0 Å². The lowest BCUT2D eigenvalue weighted by Crippen LogP contribution is -2.56. The van der Waals surface area contributed by atoms with Crippen molar-refractivity contribution in [1.29, 1.82) is 0 Å². The lowest BCUT2D eigenvalue weighted by molar-refractivity contribution is 0.0680. The summed E-state index contributed by atoms with van der Waals surface area (Å²) in [6, 6.07) is 0.128. The number of amides is 2. The molecular formula is C11H23N3O. The second-order valence-electron chi connectivity index (χ2n) is 5.32. The summed E-state index contributed by atoms with van der Waals surface area (Å²) in [7, 11) is 3.61. The monoisotopic (exact) mass is 213 g/mol. The van der Waals surface area contributed by atoms with Gasteiger partial charge in [-0.25, -0.2) is 4.79 Å². The quantitative estimate of drug-likeness (QED) is 0.602. The van der Waals surface area contributed by atoms with E-state index in [1.165, 1.54) is 0 Å².